The predicted octanol–water partition coefficient (Wildman–Crippen LogP) is 4.09. The molecule has 0 radical (unpaired) electrons. The number of nitrogens with zero attached hydrogens (tertiary/aromatic N) is 1. The third-order valence-corrected chi connectivity index (χ3v) is 5.42. The third kappa shape index (κ3) is 8.52. The van der Waals surface area contributed by atoms with E-state index < -0.39 is 17.7 Å². The highest BCUT2D eigenvalue weighted by Crippen LogP contribution is 2.36. The molecule has 0 aliphatic rings. The lowest BCUT2D eigenvalue weighted by Crippen LogP contribution is -2.37. The average molecular weight is 543 g/mol. The van der Waals surface area contributed by atoms with Crippen LogP contribution in [0.25, 0.3) is 0 Å². The van der Waals surface area contributed by atoms with Crippen LogP contribution in [0.3, 0.4) is 0 Å². The molecule has 0 unspecified atom stereocenters. The van der Waals surface area contributed by atoms with E-state index in [4.69, 9.17) is 32.7 Å². The number of hydrogen-bond donors (Lipinski definition) is 3. The van der Waals surface area contributed by atoms with Crippen LogP contribution in [0.4, 0.5) is 5.69 Å². The van der Waals surface area contributed by atoms with Crippen molar-refractivity contribution in [2.24, 2.45) is 5.10 Å². The van der Waals surface area contributed by atoms with Crippen LogP contribution in [0.2, 0.25) is 10.0 Å². The smallest absolute Gasteiger partial charge is 0.329 e. The van der Waals surface area contributed by atoms with Crippen LogP contribution in [0, 0.1) is 6.92 Å². The van der Waals surface area contributed by atoms with Gasteiger partial charge in [-0.05, 0) is 54.4 Å². The highest BCUT2D eigenvalue weighted by Gasteiger charge is 2.15. The van der Waals surface area contributed by atoms with Crippen molar-refractivity contribution in [1.82, 2.24) is 10.7 Å². The van der Waals surface area contributed by atoms with Gasteiger partial charge in [-0.3, -0.25) is 14.4 Å². The van der Waals surface area contributed by atoms with Gasteiger partial charge in [-0.2, -0.15) is 5.10 Å². The van der Waals surface area contributed by atoms with E-state index in [0.717, 1.165) is 11.1 Å². The van der Waals surface area contributed by atoms with Crippen LogP contribution in [0.1, 0.15) is 16.7 Å². The summed E-state index contributed by atoms with van der Waals surface area (Å²) < 4.78 is 10.9. The Morgan fingerprint density at radius 1 is 0.973 bits per heavy atom. The lowest BCUT2D eigenvalue weighted by molar-refractivity contribution is -0.139. The summed E-state index contributed by atoms with van der Waals surface area (Å²) in [4.78, 5) is 36.2. The van der Waals surface area contributed by atoms with Gasteiger partial charge in [0.15, 0.2) is 18.1 Å². The molecule has 3 aromatic rings. The van der Waals surface area contributed by atoms with Crippen LogP contribution in [-0.4, -0.2) is 37.7 Å². The van der Waals surface area contributed by atoms with Gasteiger partial charge in [0.05, 0.1) is 18.3 Å². The number of benzene rings is 3. The molecule has 3 amide bonds. The van der Waals surface area contributed by atoms with E-state index in [2.05, 4.69) is 21.2 Å². The molecule has 11 heteroatoms. The zero-order valence-electron chi connectivity index (χ0n) is 20.0. The Labute approximate surface area is 223 Å². The van der Waals surface area contributed by atoms with E-state index in [9.17, 15) is 14.4 Å². The second-order valence-electron chi connectivity index (χ2n) is 7.75. The van der Waals surface area contributed by atoms with Crippen molar-refractivity contribution in [3.05, 3.63) is 87.4 Å². The molecular formula is C26H24Cl2N4O5. The number of nitrogens with one attached hydrogen (secondary N) is 3. The number of carbonyl (C=O) groups excluding carboxylic acids is 3. The molecule has 0 aliphatic heterocycles. The molecule has 9 nitrogen and oxygen atoms in total. The van der Waals surface area contributed by atoms with Crippen molar-refractivity contribution in [2.75, 3.05) is 19.0 Å². The Balaban J connectivity index is 1.53. The van der Waals surface area contributed by atoms with Crippen molar-refractivity contribution in [3.63, 3.8) is 0 Å². The maximum atomic E-state index is 12.2. The topological polar surface area (TPSA) is 118 Å². The summed E-state index contributed by atoms with van der Waals surface area (Å²) in [6.45, 7) is 1.85. The third-order valence-electron chi connectivity index (χ3n) is 4.89. The number of carbonyl (C=O) groups is 3. The molecule has 0 aliphatic carbocycles. The molecule has 0 saturated carbocycles. The number of hydrazone groups is 1. The Hall–Kier alpha value is -4.08. The molecular weight excluding hydrogens is 519 g/mol. The summed E-state index contributed by atoms with van der Waals surface area (Å²) in [5, 5.41) is 9.69. The van der Waals surface area contributed by atoms with E-state index in [0.29, 0.717) is 16.3 Å². The fraction of sp³-hybridized carbons (Fsp3) is 0.154. The quantitative estimate of drug-likeness (QED) is 0.214. The summed E-state index contributed by atoms with van der Waals surface area (Å²) in [5.41, 5.74) is 5.14. The summed E-state index contributed by atoms with van der Waals surface area (Å²) in [7, 11) is 1.41. The van der Waals surface area contributed by atoms with Gasteiger partial charge < -0.3 is 20.1 Å². The molecule has 0 spiro atoms. The van der Waals surface area contributed by atoms with Crippen LogP contribution in [0.15, 0.2) is 65.8 Å². The first-order valence-electron chi connectivity index (χ1n) is 11.0. The maximum absolute atomic E-state index is 12.2. The number of hydrogen-bond acceptors (Lipinski definition) is 6. The molecule has 0 aromatic heterocycles. The minimum atomic E-state index is -0.923. The van der Waals surface area contributed by atoms with Gasteiger partial charge in [-0.25, -0.2) is 5.43 Å². The molecule has 192 valence electrons. The zero-order chi connectivity index (χ0) is 26.8. The highest BCUT2D eigenvalue weighted by atomic mass is 35.5. The molecule has 0 saturated heterocycles. The van der Waals surface area contributed by atoms with Gasteiger partial charge >= 0.3 is 11.8 Å². The number of amides is 3. The summed E-state index contributed by atoms with van der Waals surface area (Å²) in [5.74, 6) is -1.75. The summed E-state index contributed by atoms with van der Waals surface area (Å²) in [6.07, 6.45) is 1.29. The second kappa shape index (κ2) is 13.3. The SMILES string of the molecule is COc1cc(/C=N\NC(=O)C(=O)NCc2ccc(C)cc2)cc(Cl)c1OCC(=O)Nc1ccc(Cl)cc1. The van der Waals surface area contributed by atoms with E-state index in [-0.39, 0.29) is 29.7 Å². The minimum Gasteiger partial charge on any atom is -0.493 e. The number of aryl methyl sites for hydroxylation is 1. The Kier molecular flexibility index (Phi) is 9.88. The Morgan fingerprint density at radius 2 is 1.68 bits per heavy atom. The van der Waals surface area contributed by atoms with Gasteiger partial charge in [0.2, 0.25) is 0 Å². The van der Waals surface area contributed by atoms with Crippen LogP contribution < -0.4 is 25.5 Å². The van der Waals surface area contributed by atoms with Crippen molar-refractivity contribution >= 4 is 52.8 Å². The standard InChI is InChI=1S/C26H24Cl2N4O5/c1-16-3-5-17(6-4-16)13-29-25(34)26(35)32-30-14-18-11-21(28)24(22(12-18)36-2)37-15-23(33)31-20-9-7-19(27)8-10-20/h3-12,14H,13,15H2,1-2H3,(H,29,34)(H,31,33)(H,32,35)/b30-14-. The van der Waals surface area contributed by atoms with Gasteiger partial charge in [0.25, 0.3) is 5.91 Å². The van der Waals surface area contributed by atoms with E-state index in [1.165, 1.54) is 19.4 Å². The number of rotatable bonds is 9. The van der Waals surface area contributed by atoms with Crippen molar-refractivity contribution < 1.29 is 23.9 Å². The summed E-state index contributed by atoms with van der Waals surface area (Å²) in [6, 6.07) is 17.2. The molecule has 0 atom stereocenters. The van der Waals surface area contributed by atoms with Gasteiger partial charge in [-0.1, -0.05) is 53.0 Å². The predicted molar refractivity (Wildman–Crippen MR) is 142 cm³/mol. The zero-order valence-corrected chi connectivity index (χ0v) is 21.5. The van der Waals surface area contributed by atoms with Gasteiger partial charge in [0, 0.05) is 17.3 Å². The number of methoxy groups -OCH3 is 1. The molecule has 3 N–H and O–H groups in total. The molecule has 37 heavy (non-hydrogen) atoms. The summed E-state index contributed by atoms with van der Waals surface area (Å²) >= 11 is 12.1. The normalized spacial score (nSPS) is 10.6. The first-order valence-corrected chi connectivity index (χ1v) is 11.7. The molecule has 0 heterocycles. The van der Waals surface area contributed by atoms with Crippen molar-refractivity contribution in [1.29, 1.82) is 0 Å². The number of anilines is 1. The maximum Gasteiger partial charge on any atom is 0.329 e. The fourth-order valence-corrected chi connectivity index (χ4v) is 3.41. The van der Waals surface area contributed by atoms with Gasteiger partial charge in [-0.15, -0.1) is 0 Å². The Morgan fingerprint density at radius 3 is 2.35 bits per heavy atom. The number of halogens is 2. The first-order chi connectivity index (χ1) is 17.7. The monoisotopic (exact) mass is 542 g/mol. The van der Waals surface area contributed by atoms with Crippen molar-refractivity contribution in [2.45, 2.75) is 13.5 Å². The second-order valence-corrected chi connectivity index (χ2v) is 8.59. The first kappa shape index (κ1) is 27.5. The van der Waals surface area contributed by atoms with Gasteiger partial charge in [0.1, 0.15) is 0 Å². The molecule has 3 rings (SSSR count). The fourth-order valence-electron chi connectivity index (χ4n) is 3.01. The van der Waals surface area contributed by atoms with E-state index in [1.807, 2.05) is 31.2 Å². The molecule has 0 fully saturated rings. The van der Waals surface area contributed by atoms with E-state index >= 15 is 0 Å². The minimum absolute atomic E-state index is 0.155. The van der Waals surface area contributed by atoms with Crippen molar-refractivity contribution in [3.8, 4) is 11.5 Å². The van der Waals surface area contributed by atoms with Crippen LogP contribution in [-0.2, 0) is 20.9 Å². The lowest BCUT2D eigenvalue weighted by Gasteiger charge is -2.13. The molecule has 0 bridgehead atoms. The average Bonchev–Trinajstić information content (AvgIpc) is 2.88. The Bertz CT molecular complexity index is 1300. The van der Waals surface area contributed by atoms with E-state index in [1.54, 1.807) is 30.3 Å². The van der Waals surface area contributed by atoms with Crippen LogP contribution in [0.5, 0.6) is 11.5 Å². The van der Waals surface area contributed by atoms with Crippen LogP contribution >= 0.6 is 23.2 Å². The highest BCUT2D eigenvalue weighted by molar-refractivity contribution is 6.35. The molecule has 3 aromatic carbocycles. The number of ether oxygens (including phenoxy) is 2. The largest absolute Gasteiger partial charge is 0.493 e. The lowest BCUT2D eigenvalue weighted by atomic mass is 10.1.